The highest BCUT2D eigenvalue weighted by Gasteiger charge is 2.16. The highest BCUT2D eigenvalue weighted by Crippen LogP contribution is 2.23. The van der Waals surface area contributed by atoms with Gasteiger partial charge in [-0.05, 0) is 25.1 Å². The standard InChI is InChI=1S/C21H18ClNO6/c1-2-28-19(25)10-11-20(26)29-13-18(24)23-17-9-8-15(22)12-16(17)21(27)14-6-4-3-5-7-14/h3-12H,2,13H2,1H3,(H,23,24)/b11-10+. The average molecular weight is 416 g/mol. The van der Waals surface area contributed by atoms with Crippen LogP contribution in [0.2, 0.25) is 5.02 Å². The van der Waals surface area contributed by atoms with Crippen molar-refractivity contribution in [2.75, 3.05) is 18.5 Å². The maximum absolute atomic E-state index is 12.7. The van der Waals surface area contributed by atoms with Crippen LogP contribution in [0.5, 0.6) is 0 Å². The average Bonchev–Trinajstić information content (AvgIpc) is 2.72. The number of carbonyl (C=O) groups is 4. The summed E-state index contributed by atoms with van der Waals surface area (Å²) < 4.78 is 9.38. The molecule has 150 valence electrons. The molecule has 0 aliphatic carbocycles. The van der Waals surface area contributed by atoms with E-state index in [-0.39, 0.29) is 23.6 Å². The maximum atomic E-state index is 12.7. The van der Waals surface area contributed by atoms with Crippen LogP contribution in [0.1, 0.15) is 22.8 Å². The zero-order valence-corrected chi connectivity index (χ0v) is 16.3. The Morgan fingerprint density at radius 3 is 2.28 bits per heavy atom. The van der Waals surface area contributed by atoms with Crippen LogP contribution in [-0.2, 0) is 23.9 Å². The summed E-state index contributed by atoms with van der Waals surface area (Å²) in [5.41, 5.74) is 0.859. The first-order valence-electron chi connectivity index (χ1n) is 8.61. The van der Waals surface area contributed by atoms with Crippen molar-refractivity contribution in [2.45, 2.75) is 6.92 Å². The van der Waals surface area contributed by atoms with Gasteiger partial charge in [-0.3, -0.25) is 9.59 Å². The van der Waals surface area contributed by atoms with E-state index in [0.717, 1.165) is 12.2 Å². The topological polar surface area (TPSA) is 98.8 Å². The van der Waals surface area contributed by atoms with Gasteiger partial charge in [0.05, 0.1) is 12.3 Å². The molecule has 0 saturated carbocycles. The van der Waals surface area contributed by atoms with Crippen LogP contribution in [0.4, 0.5) is 5.69 Å². The van der Waals surface area contributed by atoms with Crippen LogP contribution >= 0.6 is 11.6 Å². The van der Waals surface area contributed by atoms with Crippen molar-refractivity contribution < 1.29 is 28.7 Å². The van der Waals surface area contributed by atoms with E-state index in [1.165, 1.54) is 18.2 Å². The number of ether oxygens (including phenoxy) is 2. The number of rotatable bonds is 8. The van der Waals surface area contributed by atoms with Crippen molar-refractivity contribution in [3.05, 3.63) is 76.8 Å². The normalized spacial score (nSPS) is 10.4. The zero-order valence-electron chi connectivity index (χ0n) is 15.5. The number of anilines is 1. The Morgan fingerprint density at radius 2 is 1.62 bits per heavy atom. The van der Waals surface area contributed by atoms with Crippen molar-refractivity contribution in [3.8, 4) is 0 Å². The fourth-order valence-electron chi connectivity index (χ4n) is 2.26. The third-order valence-corrected chi connectivity index (χ3v) is 3.76. The molecule has 0 heterocycles. The molecule has 0 bridgehead atoms. The van der Waals surface area contributed by atoms with E-state index in [4.69, 9.17) is 16.3 Å². The first-order valence-corrected chi connectivity index (χ1v) is 8.99. The highest BCUT2D eigenvalue weighted by molar-refractivity contribution is 6.31. The summed E-state index contributed by atoms with van der Waals surface area (Å²) in [6.45, 7) is 1.20. The molecule has 0 fully saturated rings. The summed E-state index contributed by atoms with van der Waals surface area (Å²) in [6.07, 6.45) is 1.76. The van der Waals surface area contributed by atoms with Gasteiger partial charge in [-0.2, -0.15) is 0 Å². The molecule has 0 aromatic heterocycles. The molecular formula is C21H18ClNO6. The number of benzene rings is 2. The molecule has 1 amide bonds. The number of hydrogen-bond donors (Lipinski definition) is 1. The summed E-state index contributed by atoms with van der Waals surface area (Å²) in [7, 11) is 0. The quantitative estimate of drug-likeness (QED) is 0.404. The van der Waals surface area contributed by atoms with Crippen molar-refractivity contribution in [2.24, 2.45) is 0 Å². The van der Waals surface area contributed by atoms with E-state index in [2.05, 4.69) is 10.1 Å². The zero-order chi connectivity index (χ0) is 21.2. The molecule has 2 rings (SSSR count). The van der Waals surface area contributed by atoms with E-state index in [9.17, 15) is 19.2 Å². The van der Waals surface area contributed by atoms with Gasteiger partial charge in [0.2, 0.25) is 0 Å². The minimum Gasteiger partial charge on any atom is -0.463 e. The van der Waals surface area contributed by atoms with Crippen molar-refractivity contribution >= 4 is 40.9 Å². The molecule has 29 heavy (non-hydrogen) atoms. The minimum atomic E-state index is -0.884. The van der Waals surface area contributed by atoms with Crippen LogP contribution in [0.15, 0.2) is 60.7 Å². The third-order valence-electron chi connectivity index (χ3n) is 3.52. The maximum Gasteiger partial charge on any atom is 0.331 e. The second-order valence-corrected chi connectivity index (χ2v) is 6.06. The molecule has 0 spiro atoms. The SMILES string of the molecule is CCOC(=O)/C=C/C(=O)OCC(=O)Nc1ccc(Cl)cc1C(=O)c1ccccc1. The van der Waals surface area contributed by atoms with Crippen LogP contribution in [0.25, 0.3) is 0 Å². The van der Waals surface area contributed by atoms with Gasteiger partial charge in [0.15, 0.2) is 12.4 Å². The minimum absolute atomic E-state index is 0.172. The van der Waals surface area contributed by atoms with Crippen LogP contribution in [0, 0.1) is 0 Å². The smallest absolute Gasteiger partial charge is 0.331 e. The van der Waals surface area contributed by atoms with Gasteiger partial charge in [0.25, 0.3) is 5.91 Å². The second kappa shape index (κ2) is 10.8. The van der Waals surface area contributed by atoms with Gasteiger partial charge >= 0.3 is 11.9 Å². The van der Waals surface area contributed by atoms with Gasteiger partial charge in [0, 0.05) is 28.3 Å². The van der Waals surface area contributed by atoms with Crippen LogP contribution < -0.4 is 5.32 Å². The Morgan fingerprint density at radius 1 is 0.966 bits per heavy atom. The Bertz CT molecular complexity index is 939. The predicted octanol–water partition coefficient (Wildman–Crippen LogP) is 3.17. The molecule has 0 aliphatic heterocycles. The van der Waals surface area contributed by atoms with Gasteiger partial charge in [-0.25, -0.2) is 9.59 Å². The lowest BCUT2D eigenvalue weighted by Crippen LogP contribution is -2.21. The van der Waals surface area contributed by atoms with Crippen molar-refractivity contribution in [3.63, 3.8) is 0 Å². The molecule has 0 atom stereocenters. The van der Waals surface area contributed by atoms with Gasteiger partial charge < -0.3 is 14.8 Å². The first kappa shape index (κ1) is 21.8. The largest absolute Gasteiger partial charge is 0.463 e. The van der Waals surface area contributed by atoms with E-state index in [1.54, 1.807) is 37.3 Å². The fourth-order valence-corrected chi connectivity index (χ4v) is 2.43. The lowest BCUT2D eigenvalue weighted by Gasteiger charge is -2.11. The lowest BCUT2D eigenvalue weighted by atomic mass is 10.0. The second-order valence-electron chi connectivity index (χ2n) is 5.63. The summed E-state index contributed by atoms with van der Waals surface area (Å²) >= 11 is 5.99. The number of carbonyl (C=O) groups excluding carboxylic acids is 4. The Hall–Kier alpha value is -3.45. The number of ketones is 1. The number of esters is 2. The summed E-state index contributed by atoms with van der Waals surface area (Å²) in [5.74, 6) is -2.56. The van der Waals surface area contributed by atoms with E-state index in [0.29, 0.717) is 10.6 Å². The number of halogens is 1. The number of nitrogens with one attached hydrogen (secondary N) is 1. The highest BCUT2D eigenvalue weighted by atomic mass is 35.5. The van der Waals surface area contributed by atoms with E-state index in [1.807, 2.05) is 0 Å². The monoisotopic (exact) mass is 415 g/mol. The predicted molar refractivity (Wildman–Crippen MR) is 107 cm³/mol. The summed E-state index contributed by atoms with van der Waals surface area (Å²) in [5, 5.41) is 2.85. The Kier molecular flexibility index (Phi) is 8.12. The summed E-state index contributed by atoms with van der Waals surface area (Å²) in [4.78, 5) is 47.5. The Labute approximate surface area is 172 Å². The van der Waals surface area contributed by atoms with Gasteiger partial charge in [-0.1, -0.05) is 41.9 Å². The van der Waals surface area contributed by atoms with E-state index < -0.39 is 24.5 Å². The molecule has 8 heteroatoms. The molecule has 0 unspecified atom stereocenters. The molecule has 1 N–H and O–H groups in total. The van der Waals surface area contributed by atoms with Crippen LogP contribution in [-0.4, -0.2) is 36.8 Å². The lowest BCUT2D eigenvalue weighted by molar-refractivity contribution is -0.143. The third kappa shape index (κ3) is 6.90. The number of amides is 1. The molecule has 7 nitrogen and oxygen atoms in total. The summed E-state index contributed by atoms with van der Waals surface area (Å²) in [6, 6.07) is 13.0. The molecule has 0 aliphatic rings. The van der Waals surface area contributed by atoms with Crippen molar-refractivity contribution in [1.29, 1.82) is 0 Å². The number of hydrogen-bond acceptors (Lipinski definition) is 6. The molecule has 2 aromatic rings. The molecular weight excluding hydrogens is 398 g/mol. The van der Waals surface area contributed by atoms with Gasteiger partial charge in [-0.15, -0.1) is 0 Å². The van der Waals surface area contributed by atoms with Gasteiger partial charge in [0.1, 0.15) is 0 Å². The Balaban J connectivity index is 2.03. The van der Waals surface area contributed by atoms with Crippen LogP contribution in [0.3, 0.4) is 0 Å². The molecule has 0 radical (unpaired) electrons. The molecule has 2 aromatic carbocycles. The molecule has 0 saturated heterocycles. The van der Waals surface area contributed by atoms with Crippen molar-refractivity contribution in [1.82, 2.24) is 0 Å². The first-order chi connectivity index (χ1) is 13.9. The van der Waals surface area contributed by atoms with E-state index >= 15 is 0 Å². The fraction of sp³-hybridized carbons (Fsp3) is 0.143.